The first-order valence-electron chi connectivity index (χ1n) is 3.79. The van der Waals surface area contributed by atoms with E-state index in [1.54, 1.807) is 0 Å². The van der Waals surface area contributed by atoms with Gasteiger partial charge in [-0.15, -0.1) is 4.43 Å². The van der Waals surface area contributed by atoms with Crippen LogP contribution in [-0.4, -0.2) is 32.4 Å². The maximum atomic E-state index is 10.7. The molecule has 2 radical (unpaired) electrons. The first-order valence-corrected chi connectivity index (χ1v) is 4.37. The van der Waals surface area contributed by atoms with Crippen LogP contribution >= 0.6 is 0 Å². The number of carbonyl (C=O) groups is 1. The van der Waals surface area contributed by atoms with Crippen molar-refractivity contribution in [2.75, 3.05) is 0 Å². The Morgan fingerprint density at radius 1 is 1.38 bits per heavy atom. The molecule has 0 spiro atoms. The minimum Gasteiger partial charge on any atom is -0.477 e. The van der Waals surface area contributed by atoms with Gasteiger partial charge in [-0.05, 0) is 11.5 Å². The van der Waals surface area contributed by atoms with Crippen molar-refractivity contribution in [2.45, 2.75) is 0 Å². The summed E-state index contributed by atoms with van der Waals surface area (Å²) >= 11 is 2.44. The Morgan fingerprint density at radius 3 is 2.69 bits per heavy atom. The Bertz CT molecular complexity index is 475. The number of aromatic carboxylic acids is 1. The van der Waals surface area contributed by atoms with Crippen LogP contribution in [0.15, 0.2) is 24.3 Å². The van der Waals surface area contributed by atoms with E-state index in [9.17, 15) is 4.79 Å². The molecule has 1 aromatic carbocycles. The van der Waals surface area contributed by atoms with Crippen molar-refractivity contribution in [2.24, 2.45) is 0 Å². The highest BCUT2D eigenvalue weighted by Gasteiger charge is 2.10. The number of H-pyrrole nitrogens is 1. The number of carboxylic acids is 1. The summed E-state index contributed by atoms with van der Waals surface area (Å²) in [6.45, 7) is 0. The van der Waals surface area contributed by atoms with E-state index in [4.69, 9.17) is 5.11 Å². The number of rotatable bonds is 1. The predicted octanol–water partition coefficient (Wildman–Crippen LogP) is 0.660. The van der Waals surface area contributed by atoms with E-state index in [1.165, 1.54) is 0 Å². The fourth-order valence-electron chi connectivity index (χ4n) is 1.33. The van der Waals surface area contributed by atoms with Gasteiger partial charge in [0, 0.05) is 5.52 Å². The highest BCUT2D eigenvalue weighted by Crippen LogP contribution is 2.11. The molecule has 0 aliphatic rings. The van der Waals surface area contributed by atoms with Gasteiger partial charge in [0.15, 0.2) is 16.3 Å². The van der Waals surface area contributed by atoms with Crippen molar-refractivity contribution in [3.63, 3.8) is 0 Å². The van der Waals surface area contributed by atoms with E-state index in [0.29, 0.717) is 4.43 Å². The van der Waals surface area contributed by atoms with Crippen molar-refractivity contribution in [3.8, 4) is 0 Å². The number of benzene rings is 1. The lowest BCUT2D eigenvalue weighted by molar-refractivity contribution is 0.0693. The van der Waals surface area contributed by atoms with Crippen LogP contribution in [0.2, 0.25) is 0 Å². The van der Waals surface area contributed by atoms with Gasteiger partial charge in [-0.3, -0.25) is 0 Å². The summed E-state index contributed by atoms with van der Waals surface area (Å²) in [7, 11) is 0. The first kappa shape index (κ1) is 8.36. The third kappa shape index (κ3) is 1.25. The monoisotopic (exact) mass is 187 g/mol. The smallest absolute Gasteiger partial charge is 0.350 e. The molecule has 13 heavy (non-hydrogen) atoms. The number of hydrogen-bond donors (Lipinski definition) is 2. The maximum Gasteiger partial charge on any atom is 0.350 e. The Kier molecular flexibility index (Phi) is 1.87. The van der Waals surface area contributed by atoms with Crippen LogP contribution in [0.1, 0.15) is 10.5 Å². The second-order valence-corrected chi connectivity index (χ2v) is 3.34. The zero-order valence-electron chi connectivity index (χ0n) is 6.74. The van der Waals surface area contributed by atoms with E-state index in [2.05, 4.69) is 21.3 Å². The number of hydrogen-bond acceptors (Lipinski definition) is 1. The van der Waals surface area contributed by atoms with Crippen molar-refractivity contribution in [3.05, 3.63) is 30.0 Å². The van der Waals surface area contributed by atoms with Gasteiger partial charge in [-0.2, -0.15) is 0 Å². The van der Waals surface area contributed by atoms with Gasteiger partial charge in [0.05, 0.1) is 0 Å². The molecule has 0 bridgehead atoms. The molecule has 1 aromatic heterocycles. The molecule has 3 nitrogen and oxygen atoms in total. The van der Waals surface area contributed by atoms with Crippen molar-refractivity contribution in [1.29, 1.82) is 0 Å². The fraction of sp³-hybridized carbons (Fsp3) is 0. The summed E-state index contributed by atoms with van der Waals surface area (Å²) in [6, 6.07) is 7.50. The third-order valence-electron chi connectivity index (χ3n) is 1.96. The molecule has 2 N–H and O–H groups in total. The number of para-hydroxylation sites is 1. The molecule has 4 heteroatoms. The highest BCUT2D eigenvalue weighted by atomic mass is 27.0. The Hall–Kier alpha value is -1.24. The van der Waals surface area contributed by atoms with Gasteiger partial charge < -0.3 is 10.1 Å². The lowest BCUT2D eigenvalue weighted by Crippen LogP contribution is -2.13. The standard InChI is InChI=1S/C9H6NO2.Al/c11-9(12)8-5-6-3-1-2-4-7(6)10-8;/h1-4,10H,(H,11,12);. The SMILES string of the molecule is O=C(O)c1[nH]c2ccccc2[c]1[Al]. The molecular weight excluding hydrogens is 181 g/mol. The second kappa shape index (κ2) is 2.91. The average molecular weight is 187 g/mol. The summed E-state index contributed by atoms with van der Waals surface area (Å²) in [6.07, 6.45) is 0. The molecule has 0 unspecified atom stereocenters. The van der Waals surface area contributed by atoms with E-state index in [-0.39, 0.29) is 5.69 Å². The summed E-state index contributed by atoms with van der Waals surface area (Å²) in [4.78, 5) is 13.6. The van der Waals surface area contributed by atoms with E-state index >= 15 is 0 Å². The van der Waals surface area contributed by atoms with E-state index < -0.39 is 5.97 Å². The zero-order chi connectivity index (χ0) is 9.42. The van der Waals surface area contributed by atoms with Gasteiger partial charge >= 0.3 is 5.97 Å². The second-order valence-electron chi connectivity index (χ2n) is 2.76. The Morgan fingerprint density at radius 2 is 2.08 bits per heavy atom. The third-order valence-corrected chi connectivity index (χ3v) is 2.56. The Balaban J connectivity index is 2.81. The lowest BCUT2D eigenvalue weighted by Gasteiger charge is -1.91. The Labute approximate surface area is 82.8 Å². The van der Waals surface area contributed by atoms with Gasteiger partial charge in [0.1, 0.15) is 5.69 Å². The number of carboxylic acid groups (broad SMARTS) is 1. The molecule has 0 atom stereocenters. The normalized spacial score (nSPS) is 10.5. The predicted molar refractivity (Wildman–Crippen MR) is 50.6 cm³/mol. The van der Waals surface area contributed by atoms with Crippen LogP contribution in [-0.2, 0) is 0 Å². The molecule has 2 rings (SSSR count). The molecule has 0 fully saturated rings. The number of aromatic nitrogens is 1. The molecule has 0 saturated heterocycles. The summed E-state index contributed by atoms with van der Waals surface area (Å²) < 4.78 is 0.711. The summed E-state index contributed by atoms with van der Waals surface area (Å²) in [5, 5.41) is 9.76. The van der Waals surface area contributed by atoms with Crippen LogP contribution in [0.3, 0.4) is 0 Å². The van der Waals surface area contributed by atoms with Crippen LogP contribution in [0.25, 0.3) is 10.9 Å². The number of nitrogens with one attached hydrogen (secondary N) is 1. The molecule has 0 aliphatic carbocycles. The summed E-state index contributed by atoms with van der Waals surface area (Å²) in [5.41, 5.74) is 1.09. The fourth-order valence-corrected chi connectivity index (χ4v) is 1.78. The first-order chi connectivity index (χ1) is 6.20. The molecular formula is C9H6AlNO2. The molecule has 62 valence electrons. The minimum atomic E-state index is -0.929. The van der Waals surface area contributed by atoms with Gasteiger partial charge in [-0.25, -0.2) is 4.79 Å². The number of fused-ring (bicyclic) bond motifs is 1. The van der Waals surface area contributed by atoms with Crippen molar-refractivity contribution < 1.29 is 9.90 Å². The number of aromatic amines is 1. The van der Waals surface area contributed by atoms with Crippen LogP contribution in [0.4, 0.5) is 0 Å². The minimum absolute atomic E-state index is 0.242. The van der Waals surface area contributed by atoms with Gasteiger partial charge in [0.25, 0.3) is 0 Å². The van der Waals surface area contributed by atoms with Crippen LogP contribution in [0, 0.1) is 0 Å². The van der Waals surface area contributed by atoms with Crippen molar-refractivity contribution >= 4 is 37.6 Å². The molecule has 0 amide bonds. The molecule has 0 aliphatic heterocycles. The highest BCUT2D eigenvalue weighted by molar-refractivity contribution is 6.42. The van der Waals surface area contributed by atoms with Gasteiger partial charge in [-0.1, -0.05) is 18.2 Å². The topological polar surface area (TPSA) is 53.1 Å². The quantitative estimate of drug-likeness (QED) is 0.644. The van der Waals surface area contributed by atoms with Crippen LogP contribution < -0.4 is 4.43 Å². The van der Waals surface area contributed by atoms with Gasteiger partial charge in [0.2, 0.25) is 0 Å². The molecule has 2 aromatic rings. The molecule has 0 saturated carbocycles. The van der Waals surface area contributed by atoms with Crippen molar-refractivity contribution in [1.82, 2.24) is 4.98 Å². The van der Waals surface area contributed by atoms with E-state index in [1.807, 2.05) is 24.3 Å². The molecule has 1 heterocycles. The average Bonchev–Trinajstić information content (AvgIpc) is 2.45. The van der Waals surface area contributed by atoms with E-state index in [0.717, 1.165) is 10.9 Å². The van der Waals surface area contributed by atoms with Crippen LogP contribution in [0.5, 0.6) is 0 Å². The summed E-state index contributed by atoms with van der Waals surface area (Å²) in [5.74, 6) is -0.929. The zero-order valence-corrected chi connectivity index (χ0v) is 7.90. The largest absolute Gasteiger partial charge is 0.477 e. The lowest BCUT2D eigenvalue weighted by atomic mass is 10.2. The maximum absolute atomic E-state index is 10.7.